The van der Waals surface area contributed by atoms with E-state index in [4.69, 9.17) is 9.47 Å². The minimum Gasteiger partial charge on any atom is -0.497 e. The van der Waals surface area contributed by atoms with Crippen molar-refractivity contribution < 1.29 is 14.3 Å². The summed E-state index contributed by atoms with van der Waals surface area (Å²) in [5.74, 6) is 0.561. The second-order valence-electron chi connectivity index (χ2n) is 6.77. The largest absolute Gasteiger partial charge is 0.497 e. The molecule has 0 saturated carbocycles. The van der Waals surface area contributed by atoms with Crippen LogP contribution in [0.5, 0.6) is 5.75 Å². The minimum atomic E-state index is -0.844. The molecule has 0 N–H and O–H groups in total. The molecular weight excluding hydrogens is 451 g/mol. The molecule has 0 heterocycles. The summed E-state index contributed by atoms with van der Waals surface area (Å²) >= 11 is 2.28. The lowest BCUT2D eigenvalue weighted by molar-refractivity contribution is -0.146. The molecule has 0 aliphatic heterocycles. The first-order valence-corrected chi connectivity index (χ1v) is 9.87. The average Bonchev–Trinajstić information content (AvgIpc) is 2.69. The molecule has 2 aromatic rings. The van der Waals surface area contributed by atoms with Crippen LogP contribution in [0.4, 0.5) is 0 Å². The fourth-order valence-electron chi connectivity index (χ4n) is 3.84. The second kappa shape index (κ2) is 7.89. The van der Waals surface area contributed by atoms with Crippen LogP contribution in [0.25, 0.3) is 5.57 Å². The molecule has 0 saturated heterocycles. The highest BCUT2D eigenvalue weighted by Gasteiger charge is 2.46. The molecule has 2 aromatic carbocycles. The number of allylic oxidation sites excluding steroid dienone is 2. The summed E-state index contributed by atoms with van der Waals surface area (Å²) in [5, 5.41) is 0. The van der Waals surface area contributed by atoms with Gasteiger partial charge in [0.2, 0.25) is 0 Å². The molecule has 1 aliphatic carbocycles. The minimum absolute atomic E-state index is 0.243. The first-order chi connectivity index (χ1) is 12.9. The third-order valence-electron chi connectivity index (χ3n) is 5.35. The number of methoxy groups -OCH3 is 2. The van der Waals surface area contributed by atoms with Crippen molar-refractivity contribution in [3.05, 3.63) is 81.0 Å². The van der Waals surface area contributed by atoms with Gasteiger partial charge in [-0.25, -0.2) is 0 Å². The Morgan fingerprint density at radius 1 is 1.22 bits per heavy atom. The van der Waals surface area contributed by atoms with E-state index < -0.39 is 5.41 Å². The van der Waals surface area contributed by atoms with E-state index in [0.29, 0.717) is 6.42 Å². The van der Waals surface area contributed by atoms with Crippen molar-refractivity contribution in [3.63, 3.8) is 0 Å². The Morgan fingerprint density at radius 3 is 2.63 bits per heavy atom. The van der Waals surface area contributed by atoms with Gasteiger partial charge in [-0.15, -0.1) is 0 Å². The lowest BCUT2D eigenvalue weighted by Crippen LogP contribution is -2.41. The van der Waals surface area contributed by atoms with Crippen LogP contribution in [0.2, 0.25) is 0 Å². The van der Waals surface area contributed by atoms with Crippen molar-refractivity contribution in [2.45, 2.75) is 25.2 Å². The summed E-state index contributed by atoms with van der Waals surface area (Å²) in [6.07, 6.45) is 3.43. The van der Waals surface area contributed by atoms with E-state index in [0.717, 1.165) is 43.6 Å². The molecule has 3 nitrogen and oxygen atoms in total. The lowest BCUT2D eigenvalue weighted by Gasteiger charge is -2.37. The monoisotopic (exact) mass is 474 g/mol. The Hall–Kier alpha value is -2.08. The number of benzene rings is 2. The van der Waals surface area contributed by atoms with Crippen LogP contribution in [0.1, 0.15) is 30.0 Å². The Balaban J connectivity index is 2.09. The number of rotatable bonds is 5. The summed E-state index contributed by atoms with van der Waals surface area (Å²) in [5.41, 5.74) is 4.27. The Kier molecular flexibility index (Phi) is 5.75. The van der Waals surface area contributed by atoms with Gasteiger partial charge < -0.3 is 9.47 Å². The second-order valence-corrected chi connectivity index (χ2v) is 7.93. The number of hydrogen-bond donors (Lipinski definition) is 0. The van der Waals surface area contributed by atoms with E-state index in [1.165, 1.54) is 7.11 Å². The van der Waals surface area contributed by atoms with Crippen LogP contribution < -0.4 is 4.74 Å². The first kappa shape index (κ1) is 19.7. The van der Waals surface area contributed by atoms with Crippen molar-refractivity contribution in [1.82, 2.24) is 0 Å². The van der Waals surface area contributed by atoms with Crippen molar-refractivity contribution in [1.29, 1.82) is 0 Å². The van der Waals surface area contributed by atoms with E-state index in [2.05, 4.69) is 41.3 Å². The SMILES string of the molecule is C=C(CC1(C(=O)OC)C(C)=CCc2ccccc21)c1ccc(OC)cc1I. The van der Waals surface area contributed by atoms with E-state index in [1.54, 1.807) is 7.11 Å². The number of carbonyl (C=O) groups is 1. The Morgan fingerprint density at radius 2 is 1.96 bits per heavy atom. The van der Waals surface area contributed by atoms with Crippen molar-refractivity contribution >= 4 is 34.1 Å². The number of ether oxygens (including phenoxy) is 2. The Bertz CT molecular complexity index is 929. The fourth-order valence-corrected chi connectivity index (χ4v) is 4.71. The zero-order chi connectivity index (χ0) is 19.6. The number of esters is 1. The predicted molar refractivity (Wildman–Crippen MR) is 117 cm³/mol. The molecule has 0 spiro atoms. The van der Waals surface area contributed by atoms with Gasteiger partial charge in [0.25, 0.3) is 0 Å². The number of fused-ring (bicyclic) bond motifs is 1. The predicted octanol–water partition coefficient (Wildman–Crippen LogP) is 5.32. The van der Waals surface area contributed by atoms with Crippen LogP contribution >= 0.6 is 22.6 Å². The smallest absolute Gasteiger partial charge is 0.320 e. The topological polar surface area (TPSA) is 35.5 Å². The molecule has 0 fully saturated rings. The van der Waals surface area contributed by atoms with Gasteiger partial charge in [0, 0.05) is 3.57 Å². The summed E-state index contributed by atoms with van der Waals surface area (Å²) in [4.78, 5) is 13.1. The van der Waals surface area contributed by atoms with Gasteiger partial charge in [0.15, 0.2) is 0 Å². The molecule has 0 radical (unpaired) electrons. The number of carbonyl (C=O) groups excluding carboxylic acids is 1. The highest BCUT2D eigenvalue weighted by molar-refractivity contribution is 14.1. The van der Waals surface area contributed by atoms with Crippen LogP contribution in [0, 0.1) is 3.57 Å². The third-order valence-corrected chi connectivity index (χ3v) is 6.24. The maximum atomic E-state index is 13.1. The standard InChI is InChI=1S/C23H23IO3/c1-15(19-12-11-18(26-3)13-21(19)24)14-23(22(25)27-4)16(2)9-10-17-7-5-6-8-20(17)23/h5-9,11-13H,1,10,14H2,2-4H3. The maximum absolute atomic E-state index is 13.1. The van der Waals surface area contributed by atoms with Crippen molar-refractivity contribution in [3.8, 4) is 5.75 Å². The molecule has 0 aromatic heterocycles. The van der Waals surface area contributed by atoms with Crippen molar-refractivity contribution in [2.24, 2.45) is 0 Å². The third kappa shape index (κ3) is 3.43. The maximum Gasteiger partial charge on any atom is 0.320 e. The van der Waals surface area contributed by atoms with Gasteiger partial charge in [-0.3, -0.25) is 4.79 Å². The van der Waals surface area contributed by atoms with Gasteiger partial charge in [-0.1, -0.05) is 42.5 Å². The molecule has 27 heavy (non-hydrogen) atoms. The van der Waals surface area contributed by atoms with Gasteiger partial charge in [0.1, 0.15) is 11.2 Å². The van der Waals surface area contributed by atoms with Crippen LogP contribution in [0.3, 0.4) is 0 Å². The summed E-state index contributed by atoms with van der Waals surface area (Å²) in [6.45, 7) is 6.34. The molecule has 140 valence electrons. The zero-order valence-electron chi connectivity index (χ0n) is 15.8. The normalized spacial score (nSPS) is 18.3. The van der Waals surface area contributed by atoms with Gasteiger partial charge in [-0.2, -0.15) is 0 Å². The van der Waals surface area contributed by atoms with E-state index in [9.17, 15) is 4.79 Å². The lowest BCUT2D eigenvalue weighted by atomic mass is 9.65. The molecule has 0 amide bonds. The molecule has 1 atom stereocenters. The summed E-state index contributed by atoms with van der Waals surface area (Å²) < 4.78 is 11.6. The fraction of sp³-hybridized carbons (Fsp3) is 0.261. The quantitative estimate of drug-likeness (QED) is 0.335. The van der Waals surface area contributed by atoms with Crippen LogP contribution in [-0.4, -0.2) is 20.2 Å². The summed E-state index contributed by atoms with van der Waals surface area (Å²) in [7, 11) is 3.10. The van der Waals surface area contributed by atoms with E-state index in [-0.39, 0.29) is 5.97 Å². The number of halogens is 1. The van der Waals surface area contributed by atoms with Crippen LogP contribution in [-0.2, 0) is 21.4 Å². The Labute approximate surface area is 174 Å². The number of hydrogen-bond acceptors (Lipinski definition) is 3. The zero-order valence-corrected chi connectivity index (χ0v) is 18.0. The van der Waals surface area contributed by atoms with Gasteiger partial charge in [0.05, 0.1) is 14.2 Å². The first-order valence-electron chi connectivity index (χ1n) is 8.79. The highest BCUT2D eigenvalue weighted by atomic mass is 127. The van der Waals surface area contributed by atoms with Gasteiger partial charge in [-0.05, 0) is 82.8 Å². The van der Waals surface area contributed by atoms with Crippen molar-refractivity contribution in [2.75, 3.05) is 14.2 Å². The highest BCUT2D eigenvalue weighted by Crippen LogP contribution is 2.46. The van der Waals surface area contributed by atoms with Crippen LogP contribution in [0.15, 0.2) is 60.7 Å². The molecule has 0 bridgehead atoms. The van der Waals surface area contributed by atoms with Gasteiger partial charge >= 0.3 is 5.97 Å². The summed E-state index contributed by atoms with van der Waals surface area (Å²) in [6, 6.07) is 14.0. The van der Waals surface area contributed by atoms with E-state index >= 15 is 0 Å². The molecule has 3 rings (SSSR count). The average molecular weight is 474 g/mol. The molecule has 4 heteroatoms. The molecular formula is C23H23IO3. The molecule has 1 unspecified atom stereocenters. The molecule has 1 aliphatic rings. The van der Waals surface area contributed by atoms with E-state index in [1.807, 2.05) is 43.3 Å².